The molecule has 10 heavy (non-hydrogen) atoms. The Hall–Kier alpha value is -0.480. The van der Waals surface area contributed by atoms with E-state index >= 15 is 0 Å². The first-order valence-corrected chi connectivity index (χ1v) is 3.57. The van der Waals surface area contributed by atoms with Crippen molar-refractivity contribution in [3.8, 4) is 0 Å². The number of rotatable bonds is 3. The molecule has 1 fully saturated rings. The molecule has 1 aliphatic heterocycles. The molecular weight excluding hydrogens is 130 g/mol. The maximum absolute atomic E-state index is 6.59. The average molecular weight is 143 g/mol. The van der Waals surface area contributed by atoms with Gasteiger partial charge in [-0.3, -0.25) is 4.90 Å². The first-order valence-electron chi connectivity index (χ1n) is 3.57. The van der Waals surface area contributed by atoms with Crippen molar-refractivity contribution in [2.45, 2.75) is 0 Å². The molecule has 0 spiro atoms. The van der Waals surface area contributed by atoms with Crippen LogP contribution in [0.15, 0.2) is 5.11 Å². The summed E-state index contributed by atoms with van der Waals surface area (Å²) in [6, 6.07) is 0. The van der Waals surface area contributed by atoms with E-state index in [9.17, 15) is 0 Å². The van der Waals surface area contributed by atoms with Crippen molar-refractivity contribution < 1.29 is 4.74 Å². The Kier molecular flexibility index (Phi) is 3.32. The number of nitrogens with one attached hydrogen (secondary N) is 1. The highest BCUT2D eigenvalue weighted by Crippen LogP contribution is 1.94. The molecule has 1 N–H and O–H groups in total. The summed E-state index contributed by atoms with van der Waals surface area (Å²) in [5, 5.41) is 3.30. The standard InChI is InChI=1S/C6H13N3O/c7-8-1-2-9-3-5-10-6-4-9/h7H,1-6H2. The van der Waals surface area contributed by atoms with Crippen molar-refractivity contribution in [2.75, 3.05) is 39.4 Å². The SMILES string of the molecule is N=NCCN1CCOCC1. The normalized spacial score (nSPS) is 20.8. The molecule has 0 radical (unpaired) electrons. The van der Waals surface area contributed by atoms with E-state index in [2.05, 4.69) is 10.0 Å². The van der Waals surface area contributed by atoms with Gasteiger partial charge in [0.05, 0.1) is 19.8 Å². The zero-order valence-electron chi connectivity index (χ0n) is 6.05. The van der Waals surface area contributed by atoms with Crippen molar-refractivity contribution in [3.05, 3.63) is 0 Å². The molecule has 58 valence electrons. The first-order chi connectivity index (χ1) is 4.93. The van der Waals surface area contributed by atoms with Crippen molar-refractivity contribution in [2.24, 2.45) is 5.11 Å². The van der Waals surface area contributed by atoms with E-state index in [1.54, 1.807) is 0 Å². The summed E-state index contributed by atoms with van der Waals surface area (Å²) in [6.45, 7) is 5.19. The number of hydrogen-bond acceptors (Lipinski definition) is 4. The molecule has 1 saturated heterocycles. The summed E-state index contributed by atoms with van der Waals surface area (Å²) >= 11 is 0. The van der Waals surface area contributed by atoms with Gasteiger partial charge in [0.1, 0.15) is 0 Å². The van der Waals surface area contributed by atoms with Crippen LogP contribution in [-0.2, 0) is 4.74 Å². The highest BCUT2D eigenvalue weighted by Gasteiger charge is 2.08. The smallest absolute Gasteiger partial charge is 0.0723 e. The topological polar surface area (TPSA) is 48.7 Å². The van der Waals surface area contributed by atoms with Gasteiger partial charge in [0.15, 0.2) is 0 Å². The fraction of sp³-hybridized carbons (Fsp3) is 1.00. The summed E-state index contributed by atoms with van der Waals surface area (Å²) in [7, 11) is 0. The van der Waals surface area contributed by atoms with Crippen LogP contribution in [0.5, 0.6) is 0 Å². The molecule has 0 atom stereocenters. The van der Waals surface area contributed by atoms with Crippen LogP contribution in [-0.4, -0.2) is 44.3 Å². The molecule has 4 heteroatoms. The van der Waals surface area contributed by atoms with Gasteiger partial charge in [-0.2, -0.15) is 5.11 Å². The minimum atomic E-state index is 0.625. The van der Waals surface area contributed by atoms with Gasteiger partial charge in [0, 0.05) is 19.6 Å². The van der Waals surface area contributed by atoms with Crippen LogP contribution in [0.4, 0.5) is 0 Å². The van der Waals surface area contributed by atoms with Crippen LogP contribution in [0, 0.1) is 5.53 Å². The van der Waals surface area contributed by atoms with E-state index in [0.717, 1.165) is 32.8 Å². The van der Waals surface area contributed by atoms with Crippen molar-refractivity contribution in [1.82, 2.24) is 4.90 Å². The summed E-state index contributed by atoms with van der Waals surface area (Å²) in [5.41, 5.74) is 6.59. The van der Waals surface area contributed by atoms with E-state index in [-0.39, 0.29) is 0 Å². The Morgan fingerprint density at radius 1 is 1.40 bits per heavy atom. The van der Waals surface area contributed by atoms with Crippen LogP contribution >= 0.6 is 0 Å². The lowest BCUT2D eigenvalue weighted by Gasteiger charge is -2.25. The van der Waals surface area contributed by atoms with Gasteiger partial charge in [-0.05, 0) is 0 Å². The van der Waals surface area contributed by atoms with Gasteiger partial charge in [0.2, 0.25) is 0 Å². The molecule has 0 aromatic heterocycles. The molecule has 1 aliphatic rings. The zero-order valence-corrected chi connectivity index (χ0v) is 6.05. The molecule has 1 heterocycles. The maximum atomic E-state index is 6.59. The van der Waals surface area contributed by atoms with Crippen molar-refractivity contribution >= 4 is 0 Å². The highest BCUT2D eigenvalue weighted by molar-refractivity contribution is 4.61. The minimum Gasteiger partial charge on any atom is -0.379 e. The lowest BCUT2D eigenvalue weighted by molar-refractivity contribution is 0.0392. The molecular formula is C6H13N3O. The Bertz CT molecular complexity index is 101. The van der Waals surface area contributed by atoms with Gasteiger partial charge in [-0.15, -0.1) is 0 Å². The maximum Gasteiger partial charge on any atom is 0.0723 e. The van der Waals surface area contributed by atoms with E-state index in [4.69, 9.17) is 10.3 Å². The number of ether oxygens (including phenoxy) is 1. The molecule has 0 aromatic carbocycles. The Morgan fingerprint density at radius 2 is 2.10 bits per heavy atom. The fourth-order valence-corrected chi connectivity index (χ4v) is 1.02. The Morgan fingerprint density at radius 3 is 2.70 bits per heavy atom. The van der Waals surface area contributed by atoms with E-state index < -0.39 is 0 Å². The van der Waals surface area contributed by atoms with E-state index in [1.165, 1.54) is 0 Å². The average Bonchev–Trinajstić information content (AvgIpc) is 2.03. The van der Waals surface area contributed by atoms with Crippen LogP contribution in [0.25, 0.3) is 0 Å². The summed E-state index contributed by atoms with van der Waals surface area (Å²) in [5.74, 6) is 0. The fourth-order valence-electron chi connectivity index (χ4n) is 1.02. The van der Waals surface area contributed by atoms with Crippen LogP contribution < -0.4 is 0 Å². The molecule has 4 nitrogen and oxygen atoms in total. The predicted octanol–water partition coefficient (Wildman–Crippen LogP) is 0.350. The second kappa shape index (κ2) is 4.35. The summed E-state index contributed by atoms with van der Waals surface area (Å²) in [6.07, 6.45) is 0. The molecule has 0 aliphatic carbocycles. The molecule has 0 saturated carbocycles. The third-order valence-electron chi connectivity index (χ3n) is 1.63. The third-order valence-corrected chi connectivity index (χ3v) is 1.63. The minimum absolute atomic E-state index is 0.625. The van der Waals surface area contributed by atoms with Crippen molar-refractivity contribution in [1.29, 1.82) is 5.53 Å². The van der Waals surface area contributed by atoms with E-state index in [1.807, 2.05) is 0 Å². The van der Waals surface area contributed by atoms with Gasteiger partial charge < -0.3 is 4.74 Å². The van der Waals surface area contributed by atoms with Gasteiger partial charge in [-0.1, -0.05) is 0 Å². The lowest BCUT2D eigenvalue weighted by atomic mass is 10.4. The quantitative estimate of drug-likeness (QED) is 0.579. The number of morpholine rings is 1. The molecule has 0 amide bonds. The number of hydrogen-bond donors (Lipinski definition) is 1. The largest absolute Gasteiger partial charge is 0.379 e. The predicted molar refractivity (Wildman–Crippen MR) is 37.3 cm³/mol. The second-order valence-electron chi connectivity index (χ2n) is 2.34. The monoisotopic (exact) mass is 143 g/mol. The Labute approximate surface area is 60.7 Å². The molecule has 1 rings (SSSR count). The molecule has 0 aromatic rings. The summed E-state index contributed by atoms with van der Waals surface area (Å²) < 4.78 is 5.16. The van der Waals surface area contributed by atoms with Crippen LogP contribution in [0.1, 0.15) is 0 Å². The summed E-state index contributed by atoms with van der Waals surface area (Å²) in [4.78, 5) is 2.27. The van der Waals surface area contributed by atoms with Gasteiger partial charge >= 0.3 is 0 Å². The third kappa shape index (κ3) is 2.41. The van der Waals surface area contributed by atoms with E-state index in [0.29, 0.717) is 6.54 Å². The molecule has 0 bridgehead atoms. The first kappa shape index (κ1) is 7.63. The van der Waals surface area contributed by atoms with Gasteiger partial charge in [-0.25, -0.2) is 5.53 Å². The van der Waals surface area contributed by atoms with Crippen LogP contribution in [0.2, 0.25) is 0 Å². The van der Waals surface area contributed by atoms with Gasteiger partial charge in [0.25, 0.3) is 0 Å². The molecule has 0 unspecified atom stereocenters. The highest BCUT2D eigenvalue weighted by atomic mass is 16.5. The lowest BCUT2D eigenvalue weighted by Crippen LogP contribution is -2.37. The zero-order chi connectivity index (χ0) is 7.23. The van der Waals surface area contributed by atoms with Crippen molar-refractivity contribution in [3.63, 3.8) is 0 Å². The van der Waals surface area contributed by atoms with Crippen LogP contribution in [0.3, 0.4) is 0 Å². The number of nitrogens with zero attached hydrogens (tertiary/aromatic N) is 2. The Balaban J connectivity index is 2.07. The second-order valence-corrected chi connectivity index (χ2v) is 2.34.